The number of furan rings is 1. The van der Waals surface area contributed by atoms with Gasteiger partial charge in [-0.25, -0.2) is 0 Å². The van der Waals surface area contributed by atoms with Crippen LogP contribution < -0.4 is 16.4 Å². The molecule has 0 aliphatic rings. The van der Waals surface area contributed by atoms with E-state index in [-0.39, 0.29) is 29.5 Å². The fourth-order valence-electron chi connectivity index (χ4n) is 1.73. The van der Waals surface area contributed by atoms with Crippen LogP contribution >= 0.6 is 0 Å². The molecule has 0 bridgehead atoms. The van der Waals surface area contributed by atoms with E-state index in [0.717, 1.165) is 0 Å². The third kappa shape index (κ3) is 3.95. The molecule has 6 nitrogen and oxygen atoms in total. The van der Waals surface area contributed by atoms with Gasteiger partial charge in [0, 0.05) is 17.4 Å². The van der Waals surface area contributed by atoms with Gasteiger partial charge in [0.2, 0.25) is 5.91 Å². The average Bonchev–Trinajstić information content (AvgIpc) is 3.02. The van der Waals surface area contributed by atoms with Crippen molar-refractivity contribution < 1.29 is 14.0 Å². The lowest BCUT2D eigenvalue weighted by molar-refractivity contribution is -0.119. The molecular weight excluding hydrogens is 282 g/mol. The van der Waals surface area contributed by atoms with Crippen LogP contribution in [0.25, 0.3) is 0 Å². The Kier molecular flexibility index (Phi) is 4.95. The quantitative estimate of drug-likeness (QED) is 0.790. The zero-order valence-corrected chi connectivity index (χ0v) is 12.5. The minimum atomic E-state index is -0.327. The molecule has 0 fully saturated rings. The number of carbonyl (C=O) groups is 2. The van der Waals surface area contributed by atoms with Crippen LogP contribution in [0.5, 0.6) is 0 Å². The molecule has 2 atom stereocenters. The minimum Gasteiger partial charge on any atom is -0.459 e. The second kappa shape index (κ2) is 6.91. The van der Waals surface area contributed by atoms with Crippen molar-refractivity contribution >= 4 is 23.2 Å². The van der Waals surface area contributed by atoms with Crippen molar-refractivity contribution in [3.63, 3.8) is 0 Å². The molecule has 1 heterocycles. The maximum atomic E-state index is 11.9. The Hall–Kier alpha value is -2.60. The molecule has 0 saturated heterocycles. The summed E-state index contributed by atoms with van der Waals surface area (Å²) >= 11 is 0. The monoisotopic (exact) mass is 301 g/mol. The molecule has 6 heteroatoms. The number of hydrogen-bond donors (Lipinski definition) is 3. The Morgan fingerprint density at radius 2 is 1.64 bits per heavy atom. The van der Waals surface area contributed by atoms with Gasteiger partial charge < -0.3 is 20.8 Å². The second-order valence-electron chi connectivity index (χ2n) is 5.15. The van der Waals surface area contributed by atoms with Gasteiger partial charge in [-0.05, 0) is 43.3 Å². The molecule has 116 valence electrons. The van der Waals surface area contributed by atoms with Crippen molar-refractivity contribution in [2.24, 2.45) is 11.7 Å². The summed E-state index contributed by atoms with van der Waals surface area (Å²) in [4.78, 5) is 23.7. The summed E-state index contributed by atoms with van der Waals surface area (Å²) in [5, 5.41) is 5.48. The van der Waals surface area contributed by atoms with Crippen LogP contribution in [0.1, 0.15) is 24.4 Å². The first-order valence-corrected chi connectivity index (χ1v) is 6.98. The highest BCUT2D eigenvalue weighted by atomic mass is 16.3. The Labute approximate surface area is 128 Å². The number of nitrogens with one attached hydrogen (secondary N) is 2. The smallest absolute Gasteiger partial charge is 0.291 e. The summed E-state index contributed by atoms with van der Waals surface area (Å²) in [5.41, 5.74) is 6.96. The van der Waals surface area contributed by atoms with Gasteiger partial charge in [-0.2, -0.15) is 0 Å². The van der Waals surface area contributed by atoms with Crippen molar-refractivity contribution in [3.05, 3.63) is 48.4 Å². The van der Waals surface area contributed by atoms with Crippen LogP contribution in [-0.4, -0.2) is 17.9 Å². The summed E-state index contributed by atoms with van der Waals surface area (Å²) in [6.45, 7) is 3.56. The predicted molar refractivity (Wildman–Crippen MR) is 84.5 cm³/mol. The van der Waals surface area contributed by atoms with Crippen LogP contribution in [0.4, 0.5) is 11.4 Å². The van der Waals surface area contributed by atoms with Gasteiger partial charge in [-0.3, -0.25) is 9.59 Å². The molecule has 0 aliphatic heterocycles. The first-order chi connectivity index (χ1) is 10.5. The lowest BCUT2D eigenvalue weighted by Gasteiger charge is -2.15. The summed E-state index contributed by atoms with van der Waals surface area (Å²) < 4.78 is 5.01. The summed E-state index contributed by atoms with van der Waals surface area (Å²) in [6, 6.07) is 9.84. The Morgan fingerprint density at radius 1 is 1.05 bits per heavy atom. The molecule has 4 N–H and O–H groups in total. The molecule has 22 heavy (non-hydrogen) atoms. The van der Waals surface area contributed by atoms with Crippen LogP contribution in [0.3, 0.4) is 0 Å². The van der Waals surface area contributed by atoms with Gasteiger partial charge >= 0.3 is 0 Å². The maximum Gasteiger partial charge on any atom is 0.291 e. The highest BCUT2D eigenvalue weighted by molar-refractivity contribution is 6.02. The maximum absolute atomic E-state index is 11.9. The lowest BCUT2D eigenvalue weighted by atomic mass is 10.0. The molecule has 2 rings (SSSR count). The van der Waals surface area contributed by atoms with Crippen molar-refractivity contribution in [1.82, 2.24) is 0 Å². The largest absolute Gasteiger partial charge is 0.459 e. The first kappa shape index (κ1) is 15.8. The van der Waals surface area contributed by atoms with Gasteiger partial charge in [-0.1, -0.05) is 6.92 Å². The third-order valence-corrected chi connectivity index (χ3v) is 3.36. The highest BCUT2D eigenvalue weighted by Crippen LogP contribution is 2.16. The fourth-order valence-corrected chi connectivity index (χ4v) is 1.73. The zero-order chi connectivity index (χ0) is 16.1. The lowest BCUT2D eigenvalue weighted by Crippen LogP contribution is -2.34. The van der Waals surface area contributed by atoms with Gasteiger partial charge in [0.25, 0.3) is 5.91 Å². The van der Waals surface area contributed by atoms with Crippen molar-refractivity contribution in [3.8, 4) is 0 Å². The summed E-state index contributed by atoms with van der Waals surface area (Å²) in [5.74, 6) is -0.504. The number of carbonyl (C=O) groups excluding carboxylic acids is 2. The molecule has 1 aromatic carbocycles. The minimum absolute atomic E-state index is 0.137. The van der Waals surface area contributed by atoms with Gasteiger partial charge in [0.15, 0.2) is 5.76 Å². The number of nitrogens with two attached hydrogens (primary N) is 1. The standard InChI is InChI=1S/C16H19N3O3/c1-10(11(2)17)15(20)18-12-5-7-13(8-6-12)19-16(21)14-4-3-9-22-14/h3-11H,17H2,1-2H3,(H,18,20)(H,19,21). The Balaban J connectivity index is 1.96. The molecule has 2 unspecified atom stereocenters. The van der Waals surface area contributed by atoms with E-state index in [4.69, 9.17) is 10.2 Å². The van der Waals surface area contributed by atoms with E-state index in [2.05, 4.69) is 10.6 Å². The Morgan fingerprint density at radius 3 is 2.14 bits per heavy atom. The van der Waals surface area contributed by atoms with Gasteiger partial charge in [0.1, 0.15) is 0 Å². The topological polar surface area (TPSA) is 97.4 Å². The third-order valence-electron chi connectivity index (χ3n) is 3.36. The van der Waals surface area contributed by atoms with E-state index in [1.165, 1.54) is 6.26 Å². The van der Waals surface area contributed by atoms with Crippen LogP contribution in [0.2, 0.25) is 0 Å². The predicted octanol–water partition coefficient (Wildman–Crippen LogP) is 2.45. The van der Waals surface area contributed by atoms with Crippen LogP contribution in [0, 0.1) is 5.92 Å². The Bertz CT molecular complexity index is 633. The van der Waals surface area contributed by atoms with Crippen molar-refractivity contribution in [1.29, 1.82) is 0 Å². The van der Waals surface area contributed by atoms with E-state index in [9.17, 15) is 9.59 Å². The zero-order valence-electron chi connectivity index (χ0n) is 12.5. The molecule has 0 radical (unpaired) electrons. The molecule has 0 saturated carbocycles. The average molecular weight is 301 g/mol. The normalized spacial score (nSPS) is 13.2. The van der Waals surface area contributed by atoms with E-state index in [0.29, 0.717) is 11.4 Å². The van der Waals surface area contributed by atoms with E-state index < -0.39 is 0 Å². The van der Waals surface area contributed by atoms with Gasteiger partial charge in [0.05, 0.1) is 12.2 Å². The molecule has 0 spiro atoms. The van der Waals surface area contributed by atoms with E-state index in [1.54, 1.807) is 50.2 Å². The van der Waals surface area contributed by atoms with Crippen LogP contribution in [0.15, 0.2) is 47.1 Å². The van der Waals surface area contributed by atoms with E-state index >= 15 is 0 Å². The molecule has 2 amide bonds. The first-order valence-electron chi connectivity index (χ1n) is 6.98. The molecule has 0 aliphatic carbocycles. The summed E-state index contributed by atoms with van der Waals surface area (Å²) in [7, 11) is 0. The van der Waals surface area contributed by atoms with Crippen LogP contribution in [-0.2, 0) is 4.79 Å². The fraction of sp³-hybridized carbons (Fsp3) is 0.250. The second-order valence-corrected chi connectivity index (χ2v) is 5.15. The van der Waals surface area contributed by atoms with Crippen molar-refractivity contribution in [2.75, 3.05) is 10.6 Å². The number of hydrogen-bond acceptors (Lipinski definition) is 4. The van der Waals surface area contributed by atoms with Crippen molar-refractivity contribution in [2.45, 2.75) is 19.9 Å². The molecular formula is C16H19N3O3. The molecule has 1 aromatic heterocycles. The number of amides is 2. The number of rotatable bonds is 5. The van der Waals surface area contributed by atoms with E-state index in [1.807, 2.05) is 0 Å². The SMILES string of the molecule is CC(N)C(C)C(=O)Nc1ccc(NC(=O)c2ccco2)cc1. The van der Waals surface area contributed by atoms with Gasteiger partial charge in [-0.15, -0.1) is 0 Å². The highest BCUT2D eigenvalue weighted by Gasteiger charge is 2.17. The number of benzene rings is 1. The number of anilines is 2. The molecule has 2 aromatic rings. The summed E-state index contributed by atoms with van der Waals surface area (Å²) in [6.07, 6.45) is 1.44.